The van der Waals surface area contributed by atoms with Gasteiger partial charge in [0.1, 0.15) is 30.2 Å². The van der Waals surface area contributed by atoms with E-state index >= 15 is 0 Å². The second kappa shape index (κ2) is 9.96. The zero-order valence-electron chi connectivity index (χ0n) is 16.8. The van der Waals surface area contributed by atoms with E-state index in [4.69, 9.17) is 24.1 Å². The molecule has 2 N–H and O–H groups in total. The van der Waals surface area contributed by atoms with Gasteiger partial charge in [-0.3, -0.25) is 4.72 Å². The van der Waals surface area contributed by atoms with Gasteiger partial charge < -0.3 is 24.1 Å². The first kappa shape index (κ1) is 22.1. The van der Waals surface area contributed by atoms with Crippen LogP contribution in [0, 0.1) is 0 Å². The van der Waals surface area contributed by atoms with Crippen LogP contribution in [-0.2, 0) is 10.0 Å². The van der Waals surface area contributed by atoms with E-state index in [0.717, 1.165) is 6.33 Å². The van der Waals surface area contributed by atoms with Crippen LogP contribution in [0.3, 0.4) is 0 Å². The third-order valence-electron chi connectivity index (χ3n) is 3.96. The van der Waals surface area contributed by atoms with E-state index in [1.165, 1.54) is 38.5 Å². The maximum absolute atomic E-state index is 12.9. The lowest BCUT2D eigenvalue weighted by atomic mass is 10.3. The molecule has 0 amide bonds. The molecule has 1 aromatic heterocycles. The van der Waals surface area contributed by atoms with Gasteiger partial charge in [0.15, 0.2) is 5.82 Å². The molecular formula is C20H21N3O7S. The van der Waals surface area contributed by atoms with E-state index in [1.807, 2.05) is 0 Å². The summed E-state index contributed by atoms with van der Waals surface area (Å²) >= 11 is 0. The van der Waals surface area contributed by atoms with E-state index in [0.29, 0.717) is 17.2 Å². The number of aliphatic hydroxyl groups is 1. The summed E-state index contributed by atoms with van der Waals surface area (Å²) in [6, 6.07) is 12.5. The molecule has 0 spiro atoms. The lowest BCUT2D eigenvalue weighted by Gasteiger charge is -2.15. The molecule has 0 saturated heterocycles. The predicted octanol–water partition coefficient (Wildman–Crippen LogP) is 2.46. The summed E-state index contributed by atoms with van der Waals surface area (Å²) < 4.78 is 49.6. The van der Waals surface area contributed by atoms with Gasteiger partial charge in [-0.2, -0.15) is 4.98 Å². The topological polar surface area (TPSA) is 129 Å². The molecule has 10 nitrogen and oxygen atoms in total. The summed E-state index contributed by atoms with van der Waals surface area (Å²) in [4.78, 5) is 7.99. The number of methoxy groups -OCH3 is 2. The number of aromatic nitrogens is 2. The molecule has 11 heteroatoms. The zero-order valence-corrected chi connectivity index (χ0v) is 17.6. The van der Waals surface area contributed by atoms with E-state index in [2.05, 4.69) is 14.7 Å². The van der Waals surface area contributed by atoms with Crippen molar-refractivity contribution in [3.05, 3.63) is 54.9 Å². The summed E-state index contributed by atoms with van der Waals surface area (Å²) in [5.41, 5.74) is 0. The van der Waals surface area contributed by atoms with Crippen molar-refractivity contribution < 1.29 is 32.5 Å². The average molecular weight is 447 g/mol. The van der Waals surface area contributed by atoms with Crippen LogP contribution in [0.2, 0.25) is 0 Å². The number of benzene rings is 2. The molecule has 0 aliphatic heterocycles. The van der Waals surface area contributed by atoms with Gasteiger partial charge in [-0.05, 0) is 36.4 Å². The van der Waals surface area contributed by atoms with Crippen LogP contribution in [-0.4, -0.2) is 50.9 Å². The Morgan fingerprint density at radius 1 is 0.968 bits per heavy atom. The largest absolute Gasteiger partial charge is 0.497 e. The molecule has 0 saturated carbocycles. The number of nitrogens with one attached hydrogen (secondary N) is 1. The summed E-state index contributed by atoms with van der Waals surface area (Å²) in [6.07, 6.45) is 1.12. The summed E-state index contributed by atoms with van der Waals surface area (Å²) in [5, 5.41) is 9.08. The van der Waals surface area contributed by atoms with Crippen LogP contribution >= 0.6 is 0 Å². The van der Waals surface area contributed by atoms with Crippen molar-refractivity contribution in [2.24, 2.45) is 0 Å². The van der Waals surface area contributed by atoms with Crippen molar-refractivity contribution in [2.75, 3.05) is 32.2 Å². The van der Waals surface area contributed by atoms with Crippen molar-refractivity contribution in [3.63, 3.8) is 0 Å². The Morgan fingerprint density at radius 3 is 2.35 bits per heavy atom. The molecule has 164 valence electrons. The Kier molecular flexibility index (Phi) is 7.11. The Bertz CT molecular complexity index is 1120. The van der Waals surface area contributed by atoms with Gasteiger partial charge in [0.25, 0.3) is 15.9 Å². The fourth-order valence-corrected chi connectivity index (χ4v) is 3.50. The number of ether oxygens (including phenoxy) is 4. The third-order valence-corrected chi connectivity index (χ3v) is 5.32. The highest BCUT2D eigenvalue weighted by atomic mass is 32.2. The predicted molar refractivity (Wildman–Crippen MR) is 111 cm³/mol. The fourth-order valence-electron chi connectivity index (χ4n) is 2.49. The number of rotatable bonds is 10. The Morgan fingerprint density at radius 2 is 1.68 bits per heavy atom. The van der Waals surface area contributed by atoms with E-state index in [1.54, 1.807) is 24.3 Å². The molecule has 0 aliphatic carbocycles. The van der Waals surface area contributed by atoms with Gasteiger partial charge in [0, 0.05) is 6.07 Å². The van der Waals surface area contributed by atoms with Crippen LogP contribution in [0.4, 0.5) is 5.82 Å². The van der Waals surface area contributed by atoms with Crippen molar-refractivity contribution in [1.82, 2.24) is 9.97 Å². The molecule has 0 fully saturated rings. The number of anilines is 1. The second-order valence-corrected chi connectivity index (χ2v) is 7.67. The molecular weight excluding hydrogens is 426 g/mol. The third kappa shape index (κ3) is 5.53. The number of hydrogen-bond donors (Lipinski definition) is 2. The highest BCUT2D eigenvalue weighted by Crippen LogP contribution is 2.37. The van der Waals surface area contributed by atoms with Crippen LogP contribution < -0.4 is 23.7 Å². The molecule has 0 aliphatic rings. The molecule has 31 heavy (non-hydrogen) atoms. The second-order valence-electron chi connectivity index (χ2n) is 5.99. The van der Waals surface area contributed by atoms with Gasteiger partial charge in [-0.1, -0.05) is 6.07 Å². The first-order chi connectivity index (χ1) is 15.0. The fraction of sp³-hybridized carbons (Fsp3) is 0.200. The molecule has 3 rings (SSSR count). The highest BCUT2D eigenvalue weighted by Gasteiger charge is 2.22. The van der Waals surface area contributed by atoms with Crippen LogP contribution in [0.1, 0.15) is 0 Å². The highest BCUT2D eigenvalue weighted by molar-refractivity contribution is 7.92. The van der Waals surface area contributed by atoms with Gasteiger partial charge in [-0.25, -0.2) is 13.4 Å². The van der Waals surface area contributed by atoms with Gasteiger partial charge >= 0.3 is 0 Å². The van der Waals surface area contributed by atoms with E-state index < -0.39 is 10.0 Å². The maximum Gasteiger partial charge on any atom is 0.263 e. The minimum absolute atomic E-state index is 0.00271. The number of aliphatic hydroxyl groups excluding tert-OH is 1. The van der Waals surface area contributed by atoms with Crippen molar-refractivity contribution in [3.8, 4) is 28.9 Å². The maximum atomic E-state index is 12.9. The molecule has 2 aromatic carbocycles. The van der Waals surface area contributed by atoms with E-state index in [-0.39, 0.29) is 35.6 Å². The first-order valence-corrected chi connectivity index (χ1v) is 10.5. The van der Waals surface area contributed by atoms with Crippen LogP contribution in [0.25, 0.3) is 0 Å². The number of hydrogen-bond acceptors (Lipinski definition) is 9. The first-order valence-electron chi connectivity index (χ1n) is 9.04. The Labute approximate surface area is 179 Å². The molecule has 0 unspecified atom stereocenters. The lowest BCUT2D eigenvalue weighted by Crippen LogP contribution is -2.15. The summed E-state index contributed by atoms with van der Waals surface area (Å²) in [7, 11) is -1.01. The normalized spacial score (nSPS) is 10.9. The van der Waals surface area contributed by atoms with Crippen molar-refractivity contribution in [1.29, 1.82) is 0 Å². The quantitative estimate of drug-likeness (QED) is 0.481. The molecule has 0 radical (unpaired) electrons. The smallest absolute Gasteiger partial charge is 0.263 e. The standard InChI is InChI=1S/C20H21N3O7S/c1-27-14-6-8-17(9-7-14)31(25,26)23-19-18(20(22-13-21-19)29-11-10-24)30-16-5-3-4-15(12-16)28-2/h3-9,12-13,24H,10-11H2,1-2H3,(H,21,22,23). The lowest BCUT2D eigenvalue weighted by molar-refractivity contribution is 0.192. The average Bonchev–Trinajstić information content (AvgIpc) is 2.79. The van der Waals surface area contributed by atoms with Gasteiger partial charge in [0.05, 0.1) is 25.7 Å². The summed E-state index contributed by atoms with van der Waals surface area (Å²) in [6.45, 7) is -0.342. The number of sulfonamides is 1. The summed E-state index contributed by atoms with van der Waals surface area (Å²) in [5.74, 6) is 1.14. The zero-order chi connectivity index (χ0) is 22.3. The molecule has 1 heterocycles. The van der Waals surface area contributed by atoms with Crippen LogP contribution in [0.15, 0.2) is 59.8 Å². The Hall–Kier alpha value is -3.57. The van der Waals surface area contributed by atoms with Crippen LogP contribution in [0.5, 0.6) is 28.9 Å². The number of nitrogens with zero attached hydrogens (tertiary/aromatic N) is 2. The SMILES string of the molecule is COc1ccc(S(=O)(=O)Nc2ncnc(OCCO)c2Oc2cccc(OC)c2)cc1. The van der Waals surface area contributed by atoms with Crippen molar-refractivity contribution >= 4 is 15.8 Å². The Balaban J connectivity index is 1.98. The van der Waals surface area contributed by atoms with Gasteiger partial charge in [-0.15, -0.1) is 0 Å². The minimum Gasteiger partial charge on any atom is -0.497 e. The molecule has 0 atom stereocenters. The van der Waals surface area contributed by atoms with E-state index in [9.17, 15) is 8.42 Å². The minimum atomic E-state index is -4.01. The van der Waals surface area contributed by atoms with Crippen molar-refractivity contribution in [2.45, 2.75) is 4.90 Å². The monoisotopic (exact) mass is 447 g/mol. The molecule has 3 aromatic rings. The molecule has 0 bridgehead atoms. The van der Waals surface area contributed by atoms with Gasteiger partial charge in [0.2, 0.25) is 5.75 Å².